The lowest BCUT2D eigenvalue weighted by Crippen LogP contribution is -2.01. The molecule has 1 aromatic carbocycles. The van der Waals surface area contributed by atoms with Gasteiger partial charge in [-0.1, -0.05) is 13.0 Å². The van der Waals surface area contributed by atoms with Crippen LogP contribution in [0.1, 0.15) is 23.6 Å². The van der Waals surface area contributed by atoms with Crippen molar-refractivity contribution in [1.82, 2.24) is 0 Å². The van der Waals surface area contributed by atoms with Crippen molar-refractivity contribution in [1.29, 1.82) is 10.5 Å². The van der Waals surface area contributed by atoms with Crippen molar-refractivity contribution >= 4 is 5.69 Å². The van der Waals surface area contributed by atoms with Crippen LogP contribution < -0.4 is 0 Å². The van der Waals surface area contributed by atoms with E-state index in [-0.39, 0.29) is 17.7 Å². The van der Waals surface area contributed by atoms with Crippen LogP contribution in [-0.4, -0.2) is 4.92 Å². The second-order valence-electron chi connectivity index (χ2n) is 3.15. The molecule has 0 aliphatic heterocycles. The van der Waals surface area contributed by atoms with Gasteiger partial charge in [0.15, 0.2) is 0 Å². The summed E-state index contributed by atoms with van der Waals surface area (Å²) in [6.07, 6.45) is 0.664. The van der Waals surface area contributed by atoms with E-state index in [0.717, 1.165) is 0 Å². The summed E-state index contributed by atoms with van der Waals surface area (Å²) in [6.45, 7) is 1.81. The van der Waals surface area contributed by atoms with Crippen molar-refractivity contribution in [3.8, 4) is 12.1 Å². The van der Waals surface area contributed by atoms with E-state index in [9.17, 15) is 10.1 Å². The van der Waals surface area contributed by atoms with Crippen LogP contribution in [0.15, 0.2) is 12.1 Å². The fraction of sp³-hybridized carbons (Fsp3) is 0.273. The van der Waals surface area contributed by atoms with E-state index in [2.05, 4.69) is 0 Å². The highest BCUT2D eigenvalue weighted by molar-refractivity contribution is 5.56. The van der Waals surface area contributed by atoms with Gasteiger partial charge >= 0.3 is 0 Å². The van der Waals surface area contributed by atoms with Gasteiger partial charge in [0.25, 0.3) is 5.69 Å². The van der Waals surface area contributed by atoms with Crippen LogP contribution in [0.2, 0.25) is 0 Å². The fourth-order valence-corrected chi connectivity index (χ4v) is 1.61. The fourth-order valence-electron chi connectivity index (χ4n) is 1.61. The number of nitro benzene ring substituents is 1. The van der Waals surface area contributed by atoms with Crippen molar-refractivity contribution < 1.29 is 4.92 Å². The average molecular weight is 215 g/mol. The first kappa shape index (κ1) is 11.7. The lowest BCUT2D eigenvalue weighted by molar-refractivity contribution is -0.385. The van der Waals surface area contributed by atoms with Gasteiger partial charge in [-0.15, -0.1) is 0 Å². The van der Waals surface area contributed by atoms with Gasteiger partial charge in [-0.3, -0.25) is 10.1 Å². The first-order valence-corrected chi connectivity index (χ1v) is 4.71. The van der Waals surface area contributed by atoms with Crippen LogP contribution in [0, 0.1) is 32.8 Å². The normalized spacial score (nSPS) is 9.19. The van der Waals surface area contributed by atoms with E-state index < -0.39 is 4.92 Å². The Morgan fingerprint density at radius 3 is 2.56 bits per heavy atom. The molecule has 0 spiro atoms. The minimum Gasteiger partial charge on any atom is -0.258 e. The smallest absolute Gasteiger partial charge is 0.258 e. The molecule has 0 atom stereocenters. The molecule has 0 N–H and O–H groups in total. The molecule has 0 saturated carbocycles. The third-order valence-electron chi connectivity index (χ3n) is 2.32. The zero-order valence-electron chi connectivity index (χ0n) is 8.73. The molecule has 0 amide bonds. The van der Waals surface area contributed by atoms with Gasteiger partial charge in [-0.2, -0.15) is 10.5 Å². The SMILES string of the molecule is CCc1c(CC#N)ccc([N+](=O)[O-])c1C#N. The van der Waals surface area contributed by atoms with Crippen LogP contribution >= 0.6 is 0 Å². The second kappa shape index (κ2) is 4.90. The summed E-state index contributed by atoms with van der Waals surface area (Å²) < 4.78 is 0. The van der Waals surface area contributed by atoms with Crippen molar-refractivity contribution in [2.75, 3.05) is 0 Å². The molecular formula is C11H9N3O2. The molecule has 5 nitrogen and oxygen atoms in total. The van der Waals surface area contributed by atoms with Gasteiger partial charge in [0.1, 0.15) is 11.6 Å². The highest BCUT2D eigenvalue weighted by Gasteiger charge is 2.19. The first-order valence-electron chi connectivity index (χ1n) is 4.71. The van der Waals surface area contributed by atoms with E-state index in [1.54, 1.807) is 13.0 Å². The molecule has 0 aromatic heterocycles. The third kappa shape index (κ3) is 1.99. The predicted octanol–water partition coefficient (Wildman–Crippen LogP) is 2.09. The maximum absolute atomic E-state index is 10.7. The van der Waals surface area contributed by atoms with Crippen LogP contribution in [0.5, 0.6) is 0 Å². The molecule has 1 rings (SSSR count). The molecule has 0 aliphatic rings. The van der Waals surface area contributed by atoms with Crippen LogP contribution in [0.4, 0.5) is 5.69 Å². The van der Waals surface area contributed by atoms with Gasteiger partial charge in [-0.05, 0) is 17.5 Å². The molecule has 0 fully saturated rings. The minimum atomic E-state index is -0.576. The molecule has 16 heavy (non-hydrogen) atoms. The number of nitriles is 2. The topological polar surface area (TPSA) is 90.7 Å². The number of benzene rings is 1. The molecule has 0 radical (unpaired) electrons. The predicted molar refractivity (Wildman–Crippen MR) is 56.5 cm³/mol. The Bertz CT molecular complexity index is 509. The summed E-state index contributed by atoms with van der Waals surface area (Å²) in [5.74, 6) is 0. The second-order valence-corrected chi connectivity index (χ2v) is 3.15. The largest absolute Gasteiger partial charge is 0.287 e. The van der Waals surface area contributed by atoms with E-state index >= 15 is 0 Å². The van der Waals surface area contributed by atoms with Crippen LogP contribution in [0.3, 0.4) is 0 Å². The zero-order valence-corrected chi connectivity index (χ0v) is 8.73. The standard InChI is InChI=1S/C11H9N3O2/c1-2-9-8(5-6-12)3-4-11(14(15)16)10(9)7-13/h3-4H,2,5H2,1H3. The van der Waals surface area contributed by atoms with Crippen molar-refractivity contribution in [3.63, 3.8) is 0 Å². The van der Waals surface area contributed by atoms with Gasteiger partial charge in [0.2, 0.25) is 0 Å². The van der Waals surface area contributed by atoms with Gasteiger partial charge in [0.05, 0.1) is 17.4 Å². The van der Waals surface area contributed by atoms with Gasteiger partial charge in [0, 0.05) is 6.07 Å². The Morgan fingerprint density at radius 2 is 2.12 bits per heavy atom. The quantitative estimate of drug-likeness (QED) is 0.570. The monoisotopic (exact) mass is 215 g/mol. The van der Waals surface area contributed by atoms with E-state index in [1.807, 2.05) is 12.1 Å². The lowest BCUT2D eigenvalue weighted by atomic mass is 9.96. The minimum absolute atomic E-state index is 0.0697. The lowest BCUT2D eigenvalue weighted by Gasteiger charge is -2.06. The van der Waals surface area contributed by atoms with E-state index in [4.69, 9.17) is 10.5 Å². The Labute approximate surface area is 92.7 Å². The molecule has 0 aliphatic carbocycles. The Kier molecular flexibility index (Phi) is 3.58. The number of nitro groups is 1. The maximum atomic E-state index is 10.7. The third-order valence-corrected chi connectivity index (χ3v) is 2.32. The van der Waals surface area contributed by atoms with Crippen molar-refractivity contribution in [2.45, 2.75) is 19.8 Å². The molecule has 80 valence electrons. The molecule has 1 aromatic rings. The molecular weight excluding hydrogens is 206 g/mol. The molecule has 0 heterocycles. The Balaban J connectivity index is 3.48. The van der Waals surface area contributed by atoms with E-state index in [0.29, 0.717) is 17.5 Å². The molecule has 5 heteroatoms. The first-order chi connectivity index (χ1) is 7.65. The maximum Gasteiger partial charge on any atom is 0.287 e. The Morgan fingerprint density at radius 1 is 1.44 bits per heavy atom. The summed E-state index contributed by atoms with van der Waals surface area (Å²) in [5, 5.41) is 28.3. The number of nitrogens with zero attached hydrogens (tertiary/aromatic N) is 3. The van der Waals surface area contributed by atoms with Crippen molar-refractivity contribution in [3.05, 3.63) is 38.9 Å². The summed E-state index contributed by atoms with van der Waals surface area (Å²) in [4.78, 5) is 10.1. The summed E-state index contributed by atoms with van der Waals surface area (Å²) in [6, 6.07) is 6.65. The van der Waals surface area contributed by atoms with E-state index in [1.165, 1.54) is 6.07 Å². The number of hydrogen-bond acceptors (Lipinski definition) is 4. The summed E-state index contributed by atoms with van der Waals surface area (Å²) >= 11 is 0. The Hall–Kier alpha value is -2.40. The summed E-state index contributed by atoms with van der Waals surface area (Å²) in [7, 11) is 0. The molecule has 0 unspecified atom stereocenters. The van der Waals surface area contributed by atoms with Crippen LogP contribution in [-0.2, 0) is 12.8 Å². The number of hydrogen-bond donors (Lipinski definition) is 0. The molecule has 0 saturated heterocycles. The van der Waals surface area contributed by atoms with Gasteiger partial charge in [-0.25, -0.2) is 0 Å². The zero-order chi connectivity index (χ0) is 12.1. The number of rotatable bonds is 3. The van der Waals surface area contributed by atoms with Crippen LogP contribution in [0.25, 0.3) is 0 Å². The summed E-state index contributed by atoms with van der Waals surface area (Å²) in [5.41, 5.74) is 1.16. The van der Waals surface area contributed by atoms with Gasteiger partial charge < -0.3 is 0 Å². The van der Waals surface area contributed by atoms with Crippen molar-refractivity contribution in [2.24, 2.45) is 0 Å². The highest BCUT2D eigenvalue weighted by Crippen LogP contribution is 2.25. The average Bonchev–Trinajstić information content (AvgIpc) is 2.28. The molecule has 0 bridgehead atoms. The highest BCUT2D eigenvalue weighted by atomic mass is 16.6.